The van der Waals surface area contributed by atoms with Crippen molar-refractivity contribution < 1.29 is 19.0 Å². The molecule has 1 aromatic carbocycles. The lowest BCUT2D eigenvalue weighted by Gasteiger charge is -2.19. The first-order valence-electron chi connectivity index (χ1n) is 10.2. The van der Waals surface area contributed by atoms with Crippen molar-refractivity contribution in [3.8, 4) is 17.2 Å². The van der Waals surface area contributed by atoms with Crippen molar-refractivity contribution in [2.24, 2.45) is 0 Å². The molecule has 1 heterocycles. The Kier molecular flexibility index (Phi) is 10.3. The van der Waals surface area contributed by atoms with Gasteiger partial charge in [-0.05, 0) is 61.0 Å². The number of rotatable bonds is 11. The molecule has 1 aromatic heterocycles. The summed E-state index contributed by atoms with van der Waals surface area (Å²) in [6, 6.07) is 9.24. The Balaban J connectivity index is 1.71. The smallest absolute Gasteiger partial charge is 0.243 e. The summed E-state index contributed by atoms with van der Waals surface area (Å²) in [5.74, 6) is 2.20. The molecule has 0 unspecified atom stereocenters. The highest BCUT2D eigenvalue weighted by molar-refractivity contribution is 7.80. The number of hydrogen-bond acceptors (Lipinski definition) is 6. The van der Waals surface area contributed by atoms with E-state index in [-0.39, 0.29) is 5.91 Å². The van der Waals surface area contributed by atoms with Crippen molar-refractivity contribution >= 4 is 35.1 Å². The van der Waals surface area contributed by atoms with E-state index in [0.717, 1.165) is 24.2 Å². The number of unbranched alkanes of at least 4 members (excludes halogenated alkanes) is 1. The summed E-state index contributed by atoms with van der Waals surface area (Å²) in [4.78, 5) is 18.2. The van der Waals surface area contributed by atoms with E-state index in [1.54, 1.807) is 45.7 Å². The van der Waals surface area contributed by atoms with Gasteiger partial charge in [-0.1, -0.05) is 6.07 Å². The maximum Gasteiger partial charge on any atom is 0.243 e. The lowest BCUT2D eigenvalue weighted by molar-refractivity contribution is -0.116. The summed E-state index contributed by atoms with van der Waals surface area (Å²) in [6.45, 7) is 1.29. The molecule has 2 rings (SSSR count). The predicted molar refractivity (Wildman–Crippen MR) is 131 cm³/mol. The number of anilines is 1. The fourth-order valence-corrected chi connectivity index (χ4v) is 3.06. The SMILES string of the molecule is COc1cc(/C=C/C(=O)NCCCCNC(=S)N(C)c2ccccn2)cc(OC)c1OC. The number of nitrogens with one attached hydrogen (secondary N) is 2. The molecule has 0 aliphatic heterocycles. The van der Waals surface area contributed by atoms with Gasteiger partial charge in [0.25, 0.3) is 0 Å². The Morgan fingerprint density at radius 1 is 1.06 bits per heavy atom. The van der Waals surface area contributed by atoms with Gasteiger partial charge in [0.2, 0.25) is 11.7 Å². The van der Waals surface area contributed by atoms with Gasteiger partial charge in [0.1, 0.15) is 5.82 Å². The molecular formula is C23H30N4O4S. The van der Waals surface area contributed by atoms with Crippen LogP contribution in [0.25, 0.3) is 6.08 Å². The average Bonchev–Trinajstić information content (AvgIpc) is 2.83. The Morgan fingerprint density at radius 2 is 1.72 bits per heavy atom. The minimum atomic E-state index is -0.169. The lowest BCUT2D eigenvalue weighted by atomic mass is 10.1. The van der Waals surface area contributed by atoms with E-state index in [9.17, 15) is 4.79 Å². The van der Waals surface area contributed by atoms with Gasteiger partial charge < -0.3 is 29.7 Å². The van der Waals surface area contributed by atoms with Crippen LogP contribution in [0, 0.1) is 0 Å². The second kappa shape index (κ2) is 13.2. The summed E-state index contributed by atoms with van der Waals surface area (Å²) in [7, 11) is 6.52. The maximum absolute atomic E-state index is 12.1. The molecule has 172 valence electrons. The molecule has 0 bridgehead atoms. The van der Waals surface area contributed by atoms with Crippen LogP contribution in [0.4, 0.5) is 5.82 Å². The molecule has 0 atom stereocenters. The highest BCUT2D eigenvalue weighted by Gasteiger charge is 2.12. The summed E-state index contributed by atoms with van der Waals surface area (Å²) in [6.07, 6.45) is 6.61. The Hall–Kier alpha value is -3.33. The van der Waals surface area contributed by atoms with Gasteiger partial charge in [-0.3, -0.25) is 4.79 Å². The molecular weight excluding hydrogens is 428 g/mol. The lowest BCUT2D eigenvalue weighted by Crippen LogP contribution is -2.38. The number of carbonyl (C=O) groups excluding carboxylic acids is 1. The predicted octanol–water partition coefficient (Wildman–Crippen LogP) is 3.03. The summed E-state index contributed by atoms with van der Waals surface area (Å²) < 4.78 is 16.0. The number of methoxy groups -OCH3 is 3. The molecule has 0 aliphatic rings. The zero-order valence-corrected chi connectivity index (χ0v) is 19.7. The van der Waals surface area contributed by atoms with Crippen molar-refractivity contribution in [1.29, 1.82) is 0 Å². The molecule has 9 heteroatoms. The van der Waals surface area contributed by atoms with Crippen LogP contribution in [0.3, 0.4) is 0 Å². The third-order valence-corrected chi connectivity index (χ3v) is 5.01. The summed E-state index contributed by atoms with van der Waals surface area (Å²) >= 11 is 5.38. The number of thiocarbonyl (C=S) groups is 1. The number of nitrogens with zero attached hydrogens (tertiary/aromatic N) is 2. The van der Waals surface area contributed by atoms with Gasteiger partial charge in [0.15, 0.2) is 16.6 Å². The molecule has 0 radical (unpaired) electrons. The standard InChI is InChI=1S/C23H30N4O4S/c1-27(20-9-5-6-12-24-20)23(32)26-14-8-7-13-25-21(28)11-10-17-15-18(29-2)22(31-4)19(16-17)30-3/h5-6,9-12,15-16H,7-8,13-14H2,1-4H3,(H,25,28)(H,26,32)/b11-10+. The zero-order chi connectivity index (χ0) is 23.3. The zero-order valence-electron chi connectivity index (χ0n) is 18.9. The van der Waals surface area contributed by atoms with E-state index >= 15 is 0 Å². The first-order chi connectivity index (χ1) is 15.5. The number of ether oxygens (including phenoxy) is 3. The van der Waals surface area contributed by atoms with Crippen molar-refractivity contribution in [2.75, 3.05) is 46.4 Å². The molecule has 32 heavy (non-hydrogen) atoms. The van der Waals surface area contributed by atoms with E-state index in [1.165, 1.54) is 6.08 Å². The first kappa shape index (κ1) is 24.9. The van der Waals surface area contributed by atoms with Gasteiger partial charge in [0, 0.05) is 32.4 Å². The third kappa shape index (κ3) is 7.42. The van der Waals surface area contributed by atoms with Crippen molar-refractivity contribution in [3.63, 3.8) is 0 Å². The van der Waals surface area contributed by atoms with Gasteiger partial charge in [-0.15, -0.1) is 0 Å². The number of pyridine rings is 1. The summed E-state index contributed by atoms with van der Waals surface area (Å²) in [5.41, 5.74) is 0.768. The molecule has 8 nitrogen and oxygen atoms in total. The second-order valence-electron chi connectivity index (χ2n) is 6.77. The van der Waals surface area contributed by atoms with Crippen LogP contribution >= 0.6 is 12.2 Å². The molecule has 1 amide bonds. The van der Waals surface area contributed by atoms with Gasteiger partial charge >= 0.3 is 0 Å². The molecule has 2 N–H and O–H groups in total. The van der Waals surface area contributed by atoms with Crippen molar-refractivity contribution in [2.45, 2.75) is 12.8 Å². The average molecular weight is 459 g/mol. The first-order valence-corrected chi connectivity index (χ1v) is 10.6. The molecule has 0 saturated carbocycles. The molecule has 0 aliphatic carbocycles. The van der Waals surface area contributed by atoms with Crippen LogP contribution in [0.2, 0.25) is 0 Å². The number of benzene rings is 1. The molecule has 0 spiro atoms. The fourth-order valence-electron chi connectivity index (χ4n) is 2.86. The van der Waals surface area contributed by atoms with E-state index in [0.29, 0.717) is 35.5 Å². The Bertz CT molecular complexity index is 896. The highest BCUT2D eigenvalue weighted by Crippen LogP contribution is 2.38. The highest BCUT2D eigenvalue weighted by atomic mass is 32.1. The third-order valence-electron chi connectivity index (χ3n) is 4.59. The van der Waals surface area contributed by atoms with Crippen molar-refractivity contribution in [1.82, 2.24) is 15.6 Å². The van der Waals surface area contributed by atoms with Crippen LogP contribution in [0.1, 0.15) is 18.4 Å². The van der Waals surface area contributed by atoms with E-state index in [1.807, 2.05) is 30.1 Å². The molecule has 0 saturated heterocycles. The molecule has 2 aromatic rings. The quantitative estimate of drug-likeness (QED) is 0.302. The Labute approximate surface area is 194 Å². The topological polar surface area (TPSA) is 85.0 Å². The van der Waals surface area contributed by atoms with E-state index < -0.39 is 0 Å². The van der Waals surface area contributed by atoms with Crippen LogP contribution in [0.5, 0.6) is 17.2 Å². The number of amides is 1. The number of carbonyl (C=O) groups is 1. The Morgan fingerprint density at radius 3 is 2.28 bits per heavy atom. The maximum atomic E-state index is 12.1. The van der Waals surface area contributed by atoms with Gasteiger partial charge in [0.05, 0.1) is 21.3 Å². The van der Waals surface area contributed by atoms with Crippen LogP contribution < -0.4 is 29.7 Å². The monoisotopic (exact) mass is 458 g/mol. The van der Waals surface area contributed by atoms with E-state index in [2.05, 4.69) is 15.6 Å². The number of aromatic nitrogens is 1. The van der Waals surface area contributed by atoms with Crippen molar-refractivity contribution in [3.05, 3.63) is 48.2 Å². The molecule has 0 fully saturated rings. The minimum absolute atomic E-state index is 0.169. The number of hydrogen-bond donors (Lipinski definition) is 2. The second-order valence-corrected chi connectivity index (χ2v) is 7.16. The fraction of sp³-hybridized carbons (Fsp3) is 0.348. The minimum Gasteiger partial charge on any atom is -0.493 e. The largest absolute Gasteiger partial charge is 0.493 e. The van der Waals surface area contributed by atoms with Crippen LogP contribution in [0.15, 0.2) is 42.6 Å². The van der Waals surface area contributed by atoms with E-state index in [4.69, 9.17) is 26.4 Å². The van der Waals surface area contributed by atoms with Gasteiger partial charge in [-0.25, -0.2) is 4.98 Å². The normalized spacial score (nSPS) is 10.5. The van der Waals surface area contributed by atoms with Gasteiger partial charge in [-0.2, -0.15) is 0 Å². The van der Waals surface area contributed by atoms with Crippen LogP contribution in [-0.4, -0.2) is 57.5 Å². The summed E-state index contributed by atoms with van der Waals surface area (Å²) in [5, 5.41) is 6.69. The van der Waals surface area contributed by atoms with Crippen LogP contribution in [-0.2, 0) is 4.79 Å².